The second-order valence-corrected chi connectivity index (χ2v) is 3.75. The summed E-state index contributed by atoms with van der Waals surface area (Å²) in [5.74, 6) is 0.922. The molecular weight excluding hydrogens is 208 g/mol. The number of amides is 1. The average molecular weight is 222 g/mol. The SMILES string of the molecule is CC(C(=O)NCc1nc(C)no1)=C1CNC1. The third kappa shape index (κ3) is 2.27. The molecule has 1 aliphatic rings. The van der Waals surface area contributed by atoms with E-state index in [-0.39, 0.29) is 12.5 Å². The molecule has 86 valence electrons. The minimum atomic E-state index is -0.0765. The zero-order chi connectivity index (χ0) is 11.5. The lowest BCUT2D eigenvalue weighted by molar-refractivity contribution is -0.117. The Bertz CT molecular complexity index is 430. The van der Waals surface area contributed by atoms with Gasteiger partial charge in [-0.1, -0.05) is 5.16 Å². The smallest absolute Gasteiger partial charge is 0.247 e. The summed E-state index contributed by atoms with van der Waals surface area (Å²) in [5.41, 5.74) is 1.93. The van der Waals surface area contributed by atoms with Crippen LogP contribution in [0.3, 0.4) is 0 Å². The summed E-state index contributed by atoms with van der Waals surface area (Å²) in [4.78, 5) is 15.7. The summed E-state index contributed by atoms with van der Waals surface area (Å²) < 4.78 is 4.89. The zero-order valence-corrected chi connectivity index (χ0v) is 9.33. The van der Waals surface area contributed by atoms with E-state index in [1.165, 1.54) is 0 Å². The summed E-state index contributed by atoms with van der Waals surface area (Å²) in [6.45, 7) is 5.45. The van der Waals surface area contributed by atoms with Crippen LogP contribution < -0.4 is 10.6 Å². The molecule has 1 saturated heterocycles. The van der Waals surface area contributed by atoms with Crippen molar-refractivity contribution in [2.45, 2.75) is 20.4 Å². The second-order valence-electron chi connectivity index (χ2n) is 3.75. The monoisotopic (exact) mass is 222 g/mol. The number of nitrogens with zero attached hydrogens (tertiary/aromatic N) is 2. The van der Waals surface area contributed by atoms with Gasteiger partial charge in [0.05, 0.1) is 6.54 Å². The molecule has 16 heavy (non-hydrogen) atoms. The average Bonchev–Trinajstić information content (AvgIpc) is 2.58. The van der Waals surface area contributed by atoms with Gasteiger partial charge in [0, 0.05) is 18.7 Å². The van der Waals surface area contributed by atoms with E-state index in [1.807, 2.05) is 6.92 Å². The second kappa shape index (κ2) is 4.44. The Morgan fingerprint density at radius 2 is 2.31 bits per heavy atom. The highest BCUT2D eigenvalue weighted by Crippen LogP contribution is 2.08. The molecule has 0 atom stereocenters. The number of carbonyl (C=O) groups excluding carboxylic acids is 1. The number of carbonyl (C=O) groups is 1. The van der Waals surface area contributed by atoms with Gasteiger partial charge in [-0.3, -0.25) is 4.79 Å². The van der Waals surface area contributed by atoms with Crippen molar-refractivity contribution in [1.82, 2.24) is 20.8 Å². The molecule has 1 aromatic rings. The van der Waals surface area contributed by atoms with Gasteiger partial charge in [-0.25, -0.2) is 0 Å². The van der Waals surface area contributed by atoms with Crippen molar-refractivity contribution in [3.05, 3.63) is 22.9 Å². The predicted molar refractivity (Wildman–Crippen MR) is 56.5 cm³/mol. The maximum absolute atomic E-state index is 11.7. The number of nitrogens with one attached hydrogen (secondary N) is 2. The quantitative estimate of drug-likeness (QED) is 0.699. The van der Waals surface area contributed by atoms with Crippen LogP contribution in [-0.2, 0) is 11.3 Å². The van der Waals surface area contributed by atoms with Crippen molar-refractivity contribution in [3.63, 3.8) is 0 Å². The molecule has 2 heterocycles. The van der Waals surface area contributed by atoms with E-state index >= 15 is 0 Å². The lowest BCUT2D eigenvalue weighted by Crippen LogP contribution is -2.37. The first-order valence-corrected chi connectivity index (χ1v) is 5.13. The van der Waals surface area contributed by atoms with Crippen LogP contribution >= 0.6 is 0 Å². The van der Waals surface area contributed by atoms with E-state index in [0.29, 0.717) is 11.7 Å². The van der Waals surface area contributed by atoms with E-state index < -0.39 is 0 Å². The van der Waals surface area contributed by atoms with Gasteiger partial charge in [-0.05, 0) is 19.4 Å². The van der Waals surface area contributed by atoms with Crippen LogP contribution in [0.1, 0.15) is 18.6 Å². The third-order valence-corrected chi connectivity index (χ3v) is 2.52. The Labute approximate surface area is 93.1 Å². The first-order chi connectivity index (χ1) is 7.66. The minimum Gasteiger partial charge on any atom is -0.343 e. The standard InChI is InChI=1S/C10H14N4O2/c1-6(8-3-11-4-8)10(15)12-5-9-13-7(2)14-16-9/h11H,3-5H2,1-2H3,(H,12,15). The van der Waals surface area contributed by atoms with Gasteiger partial charge in [-0.15, -0.1) is 0 Å². The maximum Gasteiger partial charge on any atom is 0.247 e. The molecule has 0 bridgehead atoms. The van der Waals surface area contributed by atoms with Crippen molar-refractivity contribution >= 4 is 5.91 Å². The topological polar surface area (TPSA) is 80.1 Å². The van der Waals surface area contributed by atoms with Crippen LogP contribution in [0.15, 0.2) is 15.7 Å². The fourth-order valence-corrected chi connectivity index (χ4v) is 1.38. The molecule has 0 unspecified atom stereocenters. The van der Waals surface area contributed by atoms with E-state index in [4.69, 9.17) is 4.52 Å². The van der Waals surface area contributed by atoms with Crippen LogP contribution in [0, 0.1) is 6.92 Å². The van der Waals surface area contributed by atoms with Gasteiger partial charge in [0.15, 0.2) is 5.82 Å². The van der Waals surface area contributed by atoms with Crippen molar-refractivity contribution in [3.8, 4) is 0 Å². The Kier molecular flexibility index (Phi) is 3.00. The largest absolute Gasteiger partial charge is 0.343 e. The lowest BCUT2D eigenvalue weighted by atomic mass is 10.0. The molecular formula is C10H14N4O2. The van der Waals surface area contributed by atoms with Gasteiger partial charge < -0.3 is 15.2 Å². The van der Waals surface area contributed by atoms with E-state index in [1.54, 1.807) is 6.92 Å². The number of aryl methyl sites for hydroxylation is 1. The fraction of sp³-hybridized carbons (Fsp3) is 0.500. The maximum atomic E-state index is 11.7. The van der Waals surface area contributed by atoms with Crippen molar-refractivity contribution in [1.29, 1.82) is 0 Å². The van der Waals surface area contributed by atoms with Crippen molar-refractivity contribution in [2.24, 2.45) is 0 Å². The Balaban J connectivity index is 1.88. The highest BCUT2D eigenvalue weighted by atomic mass is 16.5. The molecule has 6 nitrogen and oxygen atoms in total. The molecule has 1 aliphatic heterocycles. The molecule has 0 aromatic carbocycles. The predicted octanol–water partition coefficient (Wildman–Crippen LogP) is -0.0861. The normalized spacial score (nSPS) is 14.5. The Morgan fingerprint density at radius 1 is 1.56 bits per heavy atom. The molecule has 1 fully saturated rings. The third-order valence-electron chi connectivity index (χ3n) is 2.52. The molecule has 0 saturated carbocycles. The molecule has 2 N–H and O–H groups in total. The number of rotatable bonds is 3. The number of aromatic nitrogens is 2. The Morgan fingerprint density at radius 3 is 2.81 bits per heavy atom. The van der Waals surface area contributed by atoms with Crippen molar-refractivity contribution < 1.29 is 9.32 Å². The molecule has 0 radical (unpaired) electrons. The van der Waals surface area contributed by atoms with Crippen LogP contribution in [0.5, 0.6) is 0 Å². The lowest BCUT2D eigenvalue weighted by Gasteiger charge is -2.21. The first-order valence-electron chi connectivity index (χ1n) is 5.13. The van der Waals surface area contributed by atoms with Crippen LogP contribution in [0.25, 0.3) is 0 Å². The van der Waals surface area contributed by atoms with Gasteiger partial charge in [0.25, 0.3) is 0 Å². The van der Waals surface area contributed by atoms with Crippen LogP contribution in [-0.4, -0.2) is 29.1 Å². The van der Waals surface area contributed by atoms with Gasteiger partial charge in [0.2, 0.25) is 11.8 Å². The summed E-state index contributed by atoms with van der Waals surface area (Å²) in [5, 5.41) is 9.48. The minimum absolute atomic E-state index is 0.0765. The summed E-state index contributed by atoms with van der Waals surface area (Å²) >= 11 is 0. The summed E-state index contributed by atoms with van der Waals surface area (Å²) in [6, 6.07) is 0. The molecule has 2 rings (SSSR count). The highest BCUT2D eigenvalue weighted by molar-refractivity contribution is 5.93. The fourth-order valence-electron chi connectivity index (χ4n) is 1.38. The summed E-state index contributed by atoms with van der Waals surface area (Å²) in [6.07, 6.45) is 0. The van der Waals surface area contributed by atoms with E-state index in [2.05, 4.69) is 20.8 Å². The molecule has 0 aliphatic carbocycles. The molecule has 1 aromatic heterocycles. The summed E-state index contributed by atoms with van der Waals surface area (Å²) in [7, 11) is 0. The molecule has 1 amide bonds. The van der Waals surface area contributed by atoms with E-state index in [9.17, 15) is 4.79 Å². The van der Waals surface area contributed by atoms with Gasteiger partial charge in [-0.2, -0.15) is 4.98 Å². The Hall–Kier alpha value is -1.69. The number of hydrogen-bond acceptors (Lipinski definition) is 5. The van der Waals surface area contributed by atoms with Gasteiger partial charge in [0.1, 0.15) is 0 Å². The van der Waals surface area contributed by atoms with Crippen molar-refractivity contribution in [2.75, 3.05) is 13.1 Å². The van der Waals surface area contributed by atoms with E-state index in [0.717, 1.165) is 24.2 Å². The molecule has 0 spiro atoms. The highest BCUT2D eigenvalue weighted by Gasteiger charge is 2.16. The van der Waals surface area contributed by atoms with Crippen LogP contribution in [0.2, 0.25) is 0 Å². The zero-order valence-electron chi connectivity index (χ0n) is 9.33. The van der Waals surface area contributed by atoms with Gasteiger partial charge >= 0.3 is 0 Å². The number of hydrogen-bond donors (Lipinski definition) is 2. The first kappa shape index (κ1) is 10.8. The molecule has 6 heteroatoms. The van der Waals surface area contributed by atoms with Crippen LogP contribution in [0.4, 0.5) is 0 Å².